The zero-order chi connectivity index (χ0) is 15.0. The van der Waals surface area contributed by atoms with E-state index in [1.165, 1.54) is 6.42 Å². The van der Waals surface area contributed by atoms with Crippen LogP contribution < -0.4 is 0 Å². The topological polar surface area (TPSA) is 52.6 Å². The van der Waals surface area contributed by atoms with E-state index >= 15 is 0 Å². The number of ether oxygens (including phenoxy) is 2. The van der Waals surface area contributed by atoms with E-state index < -0.39 is 17.4 Å². The van der Waals surface area contributed by atoms with Gasteiger partial charge in [-0.1, -0.05) is 32.6 Å². The Morgan fingerprint density at radius 2 is 1.55 bits per heavy atom. The lowest BCUT2D eigenvalue weighted by atomic mass is 9.66. The fourth-order valence-electron chi connectivity index (χ4n) is 3.22. The molecule has 1 radical (unpaired) electrons. The maximum absolute atomic E-state index is 12.5. The van der Waals surface area contributed by atoms with Crippen LogP contribution in [0.2, 0.25) is 0 Å². The monoisotopic (exact) mass is 283 g/mol. The lowest BCUT2D eigenvalue weighted by Gasteiger charge is -2.38. The molecule has 0 amide bonds. The van der Waals surface area contributed by atoms with Crippen molar-refractivity contribution in [2.24, 2.45) is 11.3 Å². The summed E-state index contributed by atoms with van der Waals surface area (Å²) in [5.41, 5.74) is -1.14. The second-order valence-corrected chi connectivity index (χ2v) is 5.35. The van der Waals surface area contributed by atoms with Crippen LogP contribution >= 0.6 is 0 Å². The van der Waals surface area contributed by atoms with Gasteiger partial charge in [0.05, 0.1) is 13.2 Å². The zero-order valence-electron chi connectivity index (χ0n) is 12.8. The third kappa shape index (κ3) is 3.53. The summed E-state index contributed by atoms with van der Waals surface area (Å²) >= 11 is 0. The van der Waals surface area contributed by atoms with Crippen LogP contribution in [-0.2, 0) is 19.1 Å². The van der Waals surface area contributed by atoms with E-state index in [1.54, 1.807) is 13.8 Å². The molecule has 0 N–H and O–H groups in total. The van der Waals surface area contributed by atoms with Crippen molar-refractivity contribution < 1.29 is 19.1 Å². The molecule has 0 aromatic carbocycles. The van der Waals surface area contributed by atoms with Gasteiger partial charge in [-0.15, -0.1) is 0 Å². The maximum atomic E-state index is 12.5. The highest BCUT2D eigenvalue weighted by atomic mass is 16.6. The Balaban J connectivity index is 3.09. The number of rotatable bonds is 7. The smallest absolute Gasteiger partial charge is 0.323 e. The predicted molar refractivity (Wildman–Crippen MR) is 76.9 cm³/mol. The lowest BCUT2D eigenvalue weighted by molar-refractivity contribution is -0.178. The number of hydrogen-bond acceptors (Lipinski definition) is 4. The van der Waals surface area contributed by atoms with E-state index in [0.29, 0.717) is 12.8 Å². The average molecular weight is 283 g/mol. The highest BCUT2D eigenvalue weighted by Crippen LogP contribution is 2.44. The Bertz CT molecular complexity index is 300. The first kappa shape index (κ1) is 17.0. The number of carbonyl (C=O) groups excluding carboxylic acids is 2. The number of esters is 2. The van der Waals surface area contributed by atoms with Crippen molar-refractivity contribution in [1.82, 2.24) is 0 Å². The Labute approximate surface area is 122 Å². The van der Waals surface area contributed by atoms with Crippen molar-refractivity contribution in [3.05, 3.63) is 6.92 Å². The number of carbonyl (C=O) groups is 2. The van der Waals surface area contributed by atoms with E-state index in [9.17, 15) is 9.59 Å². The fraction of sp³-hybridized carbons (Fsp3) is 0.812. The highest BCUT2D eigenvalue weighted by Gasteiger charge is 2.53. The van der Waals surface area contributed by atoms with Gasteiger partial charge in [-0.2, -0.15) is 0 Å². The van der Waals surface area contributed by atoms with Crippen LogP contribution in [0.5, 0.6) is 0 Å². The standard InChI is InChI=1S/C16H27O4/c1-4-12-16(14(17)19-5-2,15(18)20-6-3)13-10-8-7-9-11-13/h13H,1,4-12H2,2-3H3. The van der Waals surface area contributed by atoms with Crippen molar-refractivity contribution in [3.63, 3.8) is 0 Å². The molecule has 0 aromatic heterocycles. The minimum Gasteiger partial charge on any atom is -0.465 e. The molecule has 4 nitrogen and oxygen atoms in total. The van der Waals surface area contributed by atoms with Gasteiger partial charge < -0.3 is 9.47 Å². The van der Waals surface area contributed by atoms with Gasteiger partial charge >= 0.3 is 11.9 Å². The van der Waals surface area contributed by atoms with Crippen molar-refractivity contribution >= 4 is 11.9 Å². The third-order valence-corrected chi connectivity index (χ3v) is 4.15. The fourth-order valence-corrected chi connectivity index (χ4v) is 3.22. The predicted octanol–water partition coefficient (Wildman–Crippen LogP) is 3.29. The largest absolute Gasteiger partial charge is 0.465 e. The van der Waals surface area contributed by atoms with E-state index in [0.717, 1.165) is 25.7 Å². The summed E-state index contributed by atoms with van der Waals surface area (Å²) in [5.74, 6) is -0.820. The van der Waals surface area contributed by atoms with E-state index in [1.807, 2.05) is 0 Å². The van der Waals surface area contributed by atoms with Crippen LogP contribution in [0.15, 0.2) is 0 Å². The van der Waals surface area contributed by atoms with Crippen molar-refractivity contribution in [3.8, 4) is 0 Å². The van der Waals surface area contributed by atoms with Gasteiger partial charge in [0, 0.05) is 0 Å². The molecule has 0 saturated heterocycles. The summed E-state index contributed by atoms with van der Waals surface area (Å²) in [6, 6.07) is 0. The first-order valence-corrected chi connectivity index (χ1v) is 7.77. The Morgan fingerprint density at radius 1 is 1.05 bits per heavy atom. The van der Waals surface area contributed by atoms with E-state index in [4.69, 9.17) is 9.47 Å². The van der Waals surface area contributed by atoms with Gasteiger partial charge in [-0.05, 0) is 39.0 Å². The molecule has 0 spiro atoms. The van der Waals surface area contributed by atoms with Crippen LogP contribution in [-0.4, -0.2) is 25.2 Å². The van der Waals surface area contributed by atoms with Gasteiger partial charge in [-0.3, -0.25) is 9.59 Å². The molecule has 115 valence electrons. The highest BCUT2D eigenvalue weighted by molar-refractivity contribution is 6.00. The van der Waals surface area contributed by atoms with Gasteiger partial charge in [0.2, 0.25) is 0 Å². The van der Waals surface area contributed by atoms with Gasteiger partial charge in [0.15, 0.2) is 5.41 Å². The summed E-state index contributed by atoms with van der Waals surface area (Å²) < 4.78 is 10.4. The van der Waals surface area contributed by atoms with E-state index in [-0.39, 0.29) is 19.1 Å². The van der Waals surface area contributed by atoms with Crippen molar-refractivity contribution in [2.75, 3.05) is 13.2 Å². The molecule has 0 atom stereocenters. The molecule has 1 aliphatic carbocycles. The molecule has 0 bridgehead atoms. The van der Waals surface area contributed by atoms with Crippen LogP contribution in [0.25, 0.3) is 0 Å². The van der Waals surface area contributed by atoms with Crippen molar-refractivity contribution in [2.45, 2.75) is 58.8 Å². The van der Waals surface area contributed by atoms with Crippen LogP contribution in [0.4, 0.5) is 0 Å². The van der Waals surface area contributed by atoms with E-state index in [2.05, 4.69) is 6.92 Å². The minimum absolute atomic E-state index is 0.0242. The molecule has 0 aliphatic heterocycles. The van der Waals surface area contributed by atoms with Gasteiger partial charge in [-0.25, -0.2) is 0 Å². The Morgan fingerprint density at radius 3 is 1.95 bits per heavy atom. The summed E-state index contributed by atoms with van der Waals surface area (Å²) in [6.07, 6.45) is 5.99. The lowest BCUT2D eigenvalue weighted by Crippen LogP contribution is -2.48. The molecule has 20 heavy (non-hydrogen) atoms. The molecular formula is C16H27O4. The Hall–Kier alpha value is -1.06. The normalized spacial score (nSPS) is 16.8. The third-order valence-electron chi connectivity index (χ3n) is 4.15. The summed E-state index contributed by atoms with van der Waals surface area (Å²) in [6.45, 7) is 7.92. The minimum atomic E-state index is -1.14. The Kier molecular flexibility index (Phi) is 7.03. The molecule has 1 saturated carbocycles. The van der Waals surface area contributed by atoms with Crippen LogP contribution in [0.1, 0.15) is 58.8 Å². The van der Waals surface area contributed by atoms with Gasteiger partial charge in [0.1, 0.15) is 0 Å². The quantitative estimate of drug-likeness (QED) is 0.531. The number of hydrogen-bond donors (Lipinski definition) is 0. The molecule has 1 rings (SSSR count). The van der Waals surface area contributed by atoms with Crippen LogP contribution in [0, 0.1) is 18.3 Å². The SMILES string of the molecule is [CH2]CCC(C(=O)OCC)(C(=O)OCC)C1CCCCC1. The molecule has 4 heteroatoms. The van der Waals surface area contributed by atoms with Gasteiger partial charge in [0.25, 0.3) is 0 Å². The average Bonchev–Trinajstić information content (AvgIpc) is 2.46. The summed E-state index contributed by atoms with van der Waals surface area (Å²) in [7, 11) is 0. The van der Waals surface area contributed by atoms with Crippen molar-refractivity contribution in [1.29, 1.82) is 0 Å². The first-order chi connectivity index (χ1) is 9.63. The molecule has 0 unspecified atom stereocenters. The summed E-state index contributed by atoms with van der Waals surface area (Å²) in [5, 5.41) is 0. The first-order valence-electron chi connectivity index (χ1n) is 7.77. The second-order valence-electron chi connectivity index (χ2n) is 5.35. The molecular weight excluding hydrogens is 256 g/mol. The zero-order valence-corrected chi connectivity index (χ0v) is 12.8. The summed E-state index contributed by atoms with van der Waals surface area (Å²) in [4.78, 5) is 25.0. The molecule has 1 aliphatic rings. The molecule has 0 aromatic rings. The molecule has 1 fully saturated rings. The molecule has 0 heterocycles. The van der Waals surface area contributed by atoms with Crippen LogP contribution in [0.3, 0.4) is 0 Å². The second kappa shape index (κ2) is 8.28. The maximum Gasteiger partial charge on any atom is 0.323 e.